The van der Waals surface area contributed by atoms with Crippen LogP contribution < -0.4 is 14.8 Å². The zero-order valence-corrected chi connectivity index (χ0v) is 17.3. The minimum Gasteiger partial charge on any atom is -0.496 e. The smallest absolute Gasteiger partial charge is 0.264 e. The number of para-hydroxylation sites is 1. The molecular weight excluding hydrogens is 404 g/mol. The van der Waals surface area contributed by atoms with Crippen molar-refractivity contribution in [3.8, 4) is 5.75 Å². The highest BCUT2D eigenvalue weighted by atomic mass is 32.2. The number of benzene rings is 2. The lowest BCUT2D eigenvalue weighted by molar-refractivity contribution is 0.0732. The van der Waals surface area contributed by atoms with E-state index in [1.807, 2.05) is 0 Å². The summed E-state index contributed by atoms with van der Waals surface area (Å²) in [5, 5.41) is 3.94. The van der Waals surface area contributed by atoms with Crippen LogP contribution in [0.25, 0.3) is 10.9 Å². The predicted octanol–water partition coefficient (Wildman–Crippen LogP) is 2.09. The first-order valence-corrected chi connectivity index (χ1v) is 11.0. The lowest BCUT2D eigenvalue weighted by atomic mass is 10.1. The Morgan fingerprint density at radius 3 is 2.67 bits per heavy atom. The average Bonchev–Trinajstić information content (AvgIpc) is 2.78. The summed E-state index contributed by atoms with van der Waals surface area (Å²) in [4.78, 5) is 18.9. The first-order valence-electron chi connectivity index (χ1n) is 9.54. The monoisotopic (exact) mass is 426 g/mol. The highest BCUT2D eigenvalue weighted by molar-refractivity contribution is 7.93. The zero-order chi connectivity index (χ0) is 21.1. The van der Waals surface area contributed by atoms with Crippen molar-refractivity contribution < 1.29 is 17.9 Å². The molecule has 0 aliphatic carbocycles. The molecule has 3 aromatic rings. The van der Waals surface area contributed by atoms with Crippen LogP contribution in [0, 0.1) is 0 Å². The fourth-order valence-corrected chi connectivity index (χ4v) is 4.70. The molecule has 0 bridgehead atoms. The predicted molar refractivity (Wildman–Crippen MR) is 114 cm³/mol. The van der Waals surface area contributed by atoms with E-state index in [2.05, 4.69) is 15.0 Å². The number of amides is 1. The number of hydrogen-bond donors (Lipinski definition) is 2. The Balaban J connectivity index is 1.63. The maximum Gasteiger partial charge on any atom is 0.264 e. The van der Waals surface area contributed by atoms with E-state index in [1.165, 1.54) is 19.2 Å². The first-order chi connectivity index (χ1) is 14.5. The number of fused-ring (bicyclic) bond motifs is 1. The second-order valence-corrected chi connectivity index (χ2v) is 8.54. The van der Waals surface area contributed by atoms with Gasteiger partial charge in [0.2, 0.25) is 0 Å². The van der Waals surface area contributed by atoms with Crippen molar-refractivity contribution in [2.24, 2.45) is 0 Å². The normalized spacial score (nSPS) is 14.5. The number of rotatable bonds is 5. The van der Waals surface area contributed by atoms with Gasteiger partial charge in [-0.05, 0) is 24.3 Å². The number of carbonyl (C=O) groups is 1. The molecule has 8 nitrogen and oxygen atoms in total. The van der Waals surface area contributed by atoms with Crippen LogP contribution in [0.5, 0.6) is 5.75 Å². The summed E-state index contributed by atoms with van der Waals surface area (Å²) < 4.78 is 34.0. The third-order valence-corrected chi connectivity index (χ3v) is 6.39. The average molecular weight is 426 g/mol. The number of hydrogen-bond acceptors (Lipinski definition) is 6. The van der Waals surface area contributed by atoms with E-state index in [9.17, 15) is 13.2 Å². The van der Waals surface area contributed by atoms with Gasteiger partial charge in [0.05, 0.1) is 23.9 Å². The molecule has 1 aliphatic heterocycles. The van der Waals surface area contributed by atoms with Crippen LogP contribution in [-0.2, 0) is 10.0 Å². The molecule has 0 radical (unpaired) electrons. The highest BCUT2D eigenvalue weighted by Gasteiger charge is 2.23. The number of nitrogens with one attached hydrogen (secondary N) is 2. The highest BCUT2D eigenvalue weighted by Crippen LogP contribution is 2.28. The number of piperazine rings is 1. The van der Waals surface area contributed by atoms with Crippen molar-refractivity contribution in [3.05, 3.63) is 60.3 Å². The van der Waals surface area contributed by atoms with Crippen LogP contribution in [0.4, 0.5) is 5.69 Å². The van der Waals surface area contributed by atoms with Crippen molar-refractivity contribution in [1.82, 2.24) is 15.2 Å². The molecular formula is C21H22N4O4S. The number of carbonyl (C=O) groups excluding carboxylic acids is 1. The molecule has 0 unspecified atom stereocenters. The molecule has 1 aromatic heterocycles. The Hall–Kier alpha value is -3.17. The number of sulfonamides is 1. The maximum absolute atomic E-state index is 13.0. The number of anilines is 1. The molecule has 2 heterocycles. The summed E-state index contributed by atoms with van der Waals surface area (Å²) in [6, 6.07) is 13.2. The first kappa shape index (κ1) is 20.1. The molecule has 4 rings (SSSR count). The summed E-state index contributed by atoms with van der Waals surface area (Å²) in [6.07, 6.45) is 1.56. The summed E-state index contributed by atoms with van der Waals surface area (Å²) >= 11 is 0. The van der Waals surface area contributed by atoms with E-state index in [-0.39, 0.29) is 10.8 Å². The Labute approximate surface area is 174 Å². The van der Waals surface area contributed by atoms with Gasteiger partial charge in [-0.15, -0.1) is 0 Å². The van der Waals surface area contributed by atoms with Crippen LogP contribution in [0.1, 0.15) is 10.4 Å². The SMILES string of the molecule is COc1cc(NS(=O)(=O)c2cccc3cccnc23)ccc1C(=O)N1CCNCC1. The topological polar surface area (TPSA) is 101 Å². The van der Waals surface area contributed by atoms with Crippen molar-refractivity contribution in [2.75, 3.05) is 38.0 Å². The van der Waals surface area contributed by atoms with Gasteiger partial charge in [0.15, 0.2) is 0 Å². The quantitative estimate of drug-likeness (QED) is 0.648. The van der Waals surface area contributed by atoms with Gasteiger partial charge < -0.3 is 15.0 Å². The molecule has 2 aromatic carbocycles. The van der Waals surface area contributed by atoms with Crippen LogP contribution >= 0.6 is 0 Å². The van der Waals surface area contributed by atoms with E-state index < -0.39 is 10.0 Å². The second kappa shape index (κ2) is 8.29. The van der Waals surface area contributed by atoms with Gasteiger partial charge in [0.25, 0.3) is 15.9 Å². The number of nitrogens with zero attached hydrogens (tertiary/aromatic N) is 2. The van der Waals surface area contributed by atoms with Gasteiger partial charge >= 0.3 is 0 Å². The summed E-state index contributed by atoms with van der Waals surface area (Å²) in [5.41, 5.74) is 1.09. The van der Waals surface area contributed by atoms with Gasteiger partial charge in [0.1, 0.15) is 10.6 Å². The van der Waals surface area contributed by atoms with Gasteiger partial charge in [-0.1, -0.05) is 18.2 Å². The standard InChI is InChI=1S/C21H22N4O4S/c1-29-18-14-16(7-8-17(18)21(26)25-12-10-22-11-13-25)24-30(27,28)19-6-2-4-15-5-3-9-23-20(15)19/h2-9,14,22,24H,10-13H2,1H3. The molecule has 1 aliphatic rings. The van der Waals surface area contributed by atoms with Crippen molar-refractivity contribution >= 4 is 32.5 Å². The molecule has 156 valence electrons. The van der Waals surface area contributed by atoms with Gasteiger partial charge in [-0.3, -0.25) is 14.5 Å². The van der Waals surface area contributed by atoms with Crippen LogP contribution in [0.15, 0.2) is 59.6 Å². The van der Waals surface area contributed by atoms with Crippen LogP contribution in [-0.4, -0.2) is 57.5 Å². The second-order valence-electron chi connectivity index (χ2n) is 6.89. The summed E-state index contributed by atoms with van der Waals surface area (Å²) in [7, 11) is -2.44. The minimum atomic E-state index is -3.89. The largest absolute Gasteiger partial charge is 0.496 e. The minimum absolute atomic E-state index is 0.0838. The van der Waals surface area contributed by atoms with Crippen molar-refractivity contribution in [3.63, 3.8) is 0 Å². The summed E-state index contributed by atoms with van der Waals surface area (Å²) in [5.74, 6) is 0.177. The van der Waals surface area contributed by atoms with Crippen LogP contribution in [0.3, 0.4) is 0 Å². The van der Waals surface area contributed by atoms with E-state index >= 15 is 0 Å². The van der Waals surface area contributed by atoms with Gasteiger partial charge in [-0.25, -0.2) is 8.42 Å². The van der Waals surface area contributed by atoms with Crippen molar-refractivity contribution in [2.45, 2.75) is 4.90 Å². The zero-order valence-electron chi connectivity index (χ0n) is 16.5. The summed E-state index contributed by atoms with van der Waals surface area (Å²) in [6.45, 7) is 2.71. The molecule has 30 heavy (non-hydrogen) atoms. The fourth-order valence-electron chi connectivity index (χ4n) is 3.47. The molecule has 1 fully saturated rings. The molecule has 1 amide bonds. The molecule has 0 spiro atoms. The molecule has 2 N–H and O–H groups in total. The van der Waals surface area contributed by atoms with Gasteiger partial charge in [0, 0.05) is 43.8 Å². The maximum atomic E-state index is 13.0. The van der Waals surface area contributed by atoms with Crippen LogP contribution in [0.2, 0.25) is 0 Å². The Morgan fingerprint density at radius 2 is 1.90 bits per heavy atom. The number of aromatic nitrogens is 1. The van der Waals surface area contributed by atoms with E-state index in [0.29, 0.717) is 35.6 Å². The number of pyridine rings is 1. The molecule has 0 saturated carbocycles. The third kappa shape index (κ3) is 3.94. The molecule has 9 heteroatoms. The van der Waals surface area contributed by atoms with E-state index in [1.54, 1.807) is 47.5 Å². The fraction of sp³-hybridized carbons (Fsp3) is 0.238. The van der Waals surface area contributed by atoms with E-state index in [4.69, 9.17) is 4.74 Å². The van der Waals surface area contributed by atoms with Gasteiger partial charge in [-0.2, -0.15) is 0 Å². The molecule has 1 saturated heterocycles. The van der Waals surface area contributed by atoms with Crippen molar-refractivity contribution in [1.29, 1.82) is 0 Å². The molecule has 0 atom stereocenters. The van der Waals surface area contributed by atoms with E-state index in [0.717, 1.165) is 18.5 Å². The Kier molecular flexibility index (Phi) is 5.56. The number of methoxy groups -OCH3 is 1. The Morgan fingerprint density at radius 1 is 1.13 bits per heavy atom. The Bertz CT molecular complexity index is 1190. The lowest BCUT2D eigenvalue weighted by Gasteiger charge is -2.28. The lowest BCUT2D eigenvalue weighted by Crippen LogP contribution is -2.46. The number of ether oxygens (including phenoxy) is 1. The third-order valence-electron chi connectivity index (χ3n) is 4.97.